The molecule has 2 aromatic rings. The lowest BCUT2D eigenvalue weighted by Crippen LogP contribution is -2.32. The van der Waals surface area contributed by atoms with Crippen molar-refractivity contribution in [1.82, 2.24) is 20.2 Å². The number of carbonyl (C=O) groups is 1. The van der Waals surface area contributed by atoms with E-state index in [9.17, 15) is 13.6 Å². The van der Waals surface area contributed by atoms with Crippen molar-refractivity contribution in [2.75, 3.05) is 6.54 Å². The molecule has 3 heterocycles. The van der Waals surface area contributed by atoms with Crippen LogP contribution in [-0.4, -0.2) is 40.2 Å². The predicted octanol–water partition coefficient (Wildman–Crippen LogP) is 5.90. The number of aromatic nitrogens is 2. The van der Waals surface area contributed by atoms with Crippen molar-refractivity contribution in [1.29, 1.82) is 0 Å². The minimum Gasteiger partial charge on any atom is -0.348 e. The molecule has 2 atom stereocenters. The van der Waals surface area contributed by atoms with E-state index in [1.54, 1.807) is 12.1 Å². The summed E-state index contributed by atoms with van der Waals surface area (Å²) in [5.41, 5.74) is 7.03. The molecule has 4 rings (SSSR count). The maximum atomic E-state index is 13.8. The highest BCUT2D eigenvalue weighted by molar-refractivity contribution is 5.96. The van der Waals surface area contributed by atoms with Crippen molar-refractivity contribution in [3.05, 3.63) is 89.3 Å². The molecule has 6 nitrogen and oxygen atoms in total. The Morgan fingerprint density at radius 3 is 2.76 bits per heavy atom. The lowest BCUT2D eigenvalue weighted by molar-refractivity contribution is 0.0956. The SMILES string of the molecule is C=C=C(CNC(=O)c1ccn(C(C)(C)C)c1)NC1=NC(c2cccc(CC3=CC[C@@H](F)[C@@H](F)C3)n2)=CC1.[HH].[HH]. The maximum absolute atomic E-state index is 13.8. The van der Waals surface area contributed by atoms with Gasteiger partial charge in [0.25, 0.3) is 5.91 Å². The van der Waals surface area contributed by atoms with Crippen LogP contribution in [0.3, 0.4) is 0 Å². The molecule has 2 aromatic heterocycles. The molecule has 2 N–H and O–H groups in total. The molecule has 37 heavy (non-hydrogen) atoms. The van der Waals surface area contributed by atoms with Crippen molar-refractivity contribution in [3.63, 3.8) is 0 Å². The summed E-state index contributed by atoms with van der Waals surface area (Å²) in [7, 11) is 0. The number of hydrogen-bond acceptors (Lipinski definition) is 4. The molecule has 0 saturated heterocycles. The van der Waals surface area contributed by atoms with Crippen LogP contribution in [0.2, 0.25) is 0 Å². The zero-order chi connectivity index (χ0) is 26.6. The Morgan fingerprint density at radius 2 is 2.05 bits per heavy atom. The Morgan fingerprint density at radius 1 is 1.24 bits per heavy atom. The number of alkyl halides is 2. The Kier molecular flexibility index (Phi) is 7.89. The number of halogens is 2. The summed E-state index contributed by atoms with van der Waals surface area (Å²) >= 11 is 0. The number of hydrogen-bond donors (Lipinski definition) is 2. The molecule has 0 radical (unpaired) electrons. The van der Waals surface area contributed by atoms with Crippen LogP contribution in [0.15, 0.2) is 77.4 Å². The van der Waals surface area contributed by atoms with Gasteiger partial charge in [-0.3, -0.25) is 9.78 Å². The van der Waals surface area contributed by atoms with Crippen molar-refractivity contribution in [3.8, 4) is 0 Å². The van der Waals surface area contributed by atoms with Gasteiger partial charge in [0.15, 0.2) is 0 Å². The topological polar surface area (TPSA) is 71.3 Å². The van der Waals surface area contributed by atoms with Crippen molar-refractivity contribution in [2.24, 2.45) is 4.99 Å². The van der Waals surface area contributed by atoms with Gasteiger partial charge in [0.1, 0.15) is 18.2 Å². The van der Waals surface area contributed by atoms with Crippen LogP contribution in [0.1, 0.15) is 64.6 Å². The van der Waals surface area contributed by atoms with E-state index in [0.717, 1.165) is 17.0 Å². The van der Waals surface area contributed by atoms with Crippen LogP contribution in [0.5, 0.6) is 0 Å². The fourth-order valence-electron chi connectivity index (χ4n) is 4.20. The number of nitrogens with zero attached hydrogens (tertiary/aromatic N) is 3. The largest absolute Gasteiger partial charge is 0.348 e. The second-order valence-corrected chi connectivity index (χ2v) is 10.3. The summed E-state index contributed by atoms with van der Waals surface area (Å²) in [5, 5.41) is 6.09. The van der Waals surface area contributed by atoms with Gasteiger partial charge in [-0.15, -0.1) is 5.73 Å². The number of carbonyl (C=O) groups excluding carboxylic acids is 1. The van der Waals surface area contributed by atoms with Crippen LogP contribution in [0.25, 0.3) is 5.70 Å². The summed E-state index contributed by atoms with van der Waals surface area (Å²) in [6.07, 6.45) is 5.90. The standard InChI is InChI=1S/C29H33F2N5O.2H2/c1-5-21(17-32-28(37)20-13-14-36(18-20)29(2,3)4)34-27-12-11-26(35-27)25-8-6-7-22(33-25)15-19-9-10-23(30)24(31)16-19;;/h6-9,11,13-14,18,23-24H,1,10,12,15-17H2,2-4H3,(H,32,37)(H,34,35);2*1H/t23-,24+;;/m1../s1. The van der Waals surface area contributed by atoms with Gasteiger partial charge in [0.2, 0.25) is 0 Å². The van der Waals surface area contributed by atoms with Gasteiger partial charge in [-0.05, 0) is 51.5 Å². The Hall–Kier alpha value is -3.77. The van der Waals surface area contributed by atoms with Crippen molar-refractivity contribution >= 4 is 17.4 Å². The van der Waals surface area contributed by atoms with Gasteiger partial charge in [-0.2, -0.15) is 0 Å². The summed E-state index contributed by atoms with van der Waals surface area (Å²) in [5.74, 6) is 0.519. The first-order valence-electron chi connectivity index (χ1n) is 12.4. The van der Waals surface area contributed by atoms with Crippen LogP contribution in [-0.2, 0) is 12.0 Å². The van der Waals surface area contributed by atoms with E-state index in [0.29, 0.717) is 35.6 Å². The molecular formula is C29H37F2N5O. The fourth-order valence-corrected chi connectivity index (χ4v) is 4.20. The van der Waals surface area contributed by atoms with E-state index in [4.69, 9.17) is 0 Å². The molecule has 0 saturated carbocycles. The number of nitrogens with one attached hydrogen (secondary N) is 2. The molecule has 1 amide bonds. The van der Waals surface area contributed by atoms with E-state index >= 15 is 0 Å². The van der Waals surface area contributed by atoms with Crippen molar-refractivity contribution < 1.29 is 16.4 Å². The van der Waals surface area contributed by atoms with Gasteiger partial charge in [0.05, 0.1) is 29.2 Å². The minimum absolute atomic E-state index is 0. The zero-order valence-corrected chi connectivity index (χ0v) is 21.5. The number of amidine groups is 1. The second-order valence-electron chi connectivity index (χ2n) is 10.3. The van der Waals surface area contributed by atoms with E-state index in [2.05, 4.69) is 53.7 Å². The van der Waals surface area contributed by atoms with Gasteiger partial charge >= 0.3 is 0 Å². The third-order valence-electron chi connectivity index (χ3n) is 6.37. The first kappa shape index (κ1) is 26.3. The molecule has 1 aliphatic carbocycles. The average Bonchev–Trinajstić information content (AvgIpc) is 3.54. The van der Waals surface area contributed by atoms with Gasteiger partial charge in [-0.25, -0.2) is 13.8 Å². The highest BCUT2D eigenvalue weighted by Crippen LogP contribution is 2.27. The molecule has 2 aliphatic rings. The first-order valence-corrected chi connectivity index (χ1v) is 12.4. The van der Waals surface area contributed by atoms with Crippen LogP contribution in [0.4, 0.5) is 8.78 Å². The maximum Gasteiger partial charge on any atom is 0.253 e. The first-order chi connectivity index (χ1) is 17.6. The van der Waals surface area contributed by atoms with Crippen LogP contribution >= 0.6 is 0 Å². The van der Waals surface area contributed by atoms with E-state index in [-0.39, 0.29) is 33.7 Å². The van der Waals surface area contributed by atoms with E-state index in [1.807, 2.05) is 41.2 Å². The Balaban J connectivity index is 0.00000267. The smallest absolute Gasteiger partial charge is 0.253 e. The summed E-state index contributed by atoms with van der Waals surface area (Å²) < 4.78 is 29.2. The molecular weight excluding hydrogens is 472 g/mol. The third-order valence-corrected chi connectivity index (χ3v) is 6.37. The molecule has 0 unspecified atom stereocenters. The summed E-state index contributed by atoms with van der Waals surface area (Å²) in [6.45, 7) is 10.2. The number of amides is 1. The molecule has 0 spiro atoms. The fraction of sp³-hybridized carbons (Fsp3) is 0.379. The minimum atomic E-state index is -1.44. The quantitative estimate of drug-likeness (QED) is 0.361. The molecule has 0 aromatic carbocycles. The monoisotopic (exact) mass is 509 g/mol. The van der Waals surface area contributed by atoms with Gasteiger partial charge in [-0.1, -0.05) is 24.3 Å². The molecule has 0 fully saturated rings. The molecule has 1 aliphatic heterocycles. The highest BCUT2D eigenvalue weighted by atomic mass is 19.2. The zero-order valence-electron chi connectivity index (χ0n) is 21.5. The Labute approximate surface area is 219 Å². The number of rotatable bonds is 7. The lowest BCUT2D eigenvalue weighted by atomic mass is 9.93. The van der Waals surface area contributed by atoms with E-state index in [1.165, 1.54) is 0 Å². The average molecular weight is 510 g/mol. The second kappa shape index (κ2) is 11.1. The van der Waals surface area contributed by atoms with Gasteiger partial charge in [0, 0.05) is 45.7 Å². The molecule has 198 valence electrons. The third kappa shape index (κ3) is 6.71. The van der Waals surface area contributed by atoms with Crippen LogP contribution in [0, 0.1) is 0 Å². The molecule has 8 heteroatoms. The summed E-state index contributed by atoms with van der Waals surface area (Å²) in [4.78, 5) is 21.9. The molecule has 0 bridgehead atoms. The van der Waals surface area contributed by atoms with E-state index < -0.39 is 12.3 Å². The number of aliphatic imine (C=N–C) groups is 1. The normalized spacial score (nSPS) is 19.4. The van der Waals surface area contributed by atoms with Crippen molar-refractivity contribution in [2.45, 2.75) is 64.3 Å². The Bertz CT molecular complexity index is 1320. The number of pyridine rings is 1. The lowest BCUT2D eigenvalue weighted by Gasteiger charge is -2.20. The highest BCUT2D eigenvalue weighted by Gasteiger charge is 2.25. The predicted molar refractivity (Wildman–Crippen MR) is 147 cm³/mol. The summed E-state index contributed by atoms with van der Waals surface area (Å²) in [6, 6.07) is 7.45. The van der Waals surface area contributed by atoms with Crippen LogP contribution < -0.4 is 10.6 Å². The van der Waals surface area contributed by atoms with Gasteiger partial charge < -0.3 is 15.2 Å². The number of allylic oxidation sites excluding steroid dienone is 2.